The van der Waals surface area contributed by atoms with Crippen molar-refractivity contribution in [3.8, 4) is 89.5 Å². The predicted molar refractivity (Wildman–Crippen MR) is 423 cm³/mol. The highest BCUT2D eigenvalue weighted by molar-refractivity contribution is 6.15. The lowest BCUT2D eigenvalue weighted by Crippen LogP contribution is -1.94. The average molecular weight is 1280 g/mol. The van der Waals surface area contributed by atoms with Crippen LogP contribution in [0.25, 0.3) is 177 Å². The number of para-hydroxylation sites is 6. The first-order valence-electron chi connectivity index (χ1n) is 36.5. The van der Waals surface area contributed by atoms with Crippen molar-refractivity contribution in [3.63, 3.8) is 0 Å². The van der Waals surface area contributed by atoms with Crippen LogP contribution in [-0.4, -0.2) is 18.3 Å². The smallest absolute Gasteiger partial charge is 0.0629 e. The predicted octanol–water partition coefficient (Wildman–Crippen LogP) is 25.8. The van der Waals surface area contributed by atoms with Gasteiger partial charge in [0.2, 0.25) is 0 Å². The fourth-order valence-electron chi connectivity index (χ4n) is 15.2. The summed E-state index contributed by atoms with van der Waals surface area (Å²) >= 11 is 0. The molecule has 468 valence electrons. The first-order chi connectivity index (χ1) is 51.7. The van der Waals surface area contributed by atoms with Crippen LogP contribution in [0.4, 0.5) is 0 Å². The highest BCUT2D eigenvalue weighted by atomic mass is 15.0. The summed E-state index contributed by atoms with van der Waals surface area (Å²) in [6, 6.07) is 126. The van der Waals surface area contributed by atoms with Crippen LogP contribution in [0.2, 0.25) is 0 Å². The Bertz CT molecular complexity index is 6750. The molecule has 0 amide bonds. The maximum absolute atomic E-state index is 8.36. The Kier molecular flexibility index (Phi) is 12.9. The molecule has 16 aromatic carbocycles. The lowest BCUT2D eigenvalue weighted by atomic mass is 10.00. The van der Waals surface area contributed by atoms with E-state index in [1.54, 1.807) is 0 Å². The van der Waals surface area contributed by atoms with Crippen molar-refractivity contribution < 1.29 is 6.85 Å². The molecule has 100 heavy (non-hydrogen) atoms. The second-order valence-electron chi connectivity index (χ2n) is 25.6. The van der Waals surface area contributed by atoms with Crippen LogP contribution >= 0.6 is 0 Å². The van der Waals surface area contributed by atoms with E-state index in [0.29, 0.717) is 5.56 Å². The molecule has 0 atom stereocenters. The van der Waals surface area contributed by atoms with Crippen LogP contribution in [0.1, 0.15) is 6.85 Å². The van der Waals surface area contributed by atoms with Crippen LogP contribution in [-0.2, 0) is 0 Å². The van der Waals surface area contributed by atoms with Gasteiger partial charge in [0.05, 0.1) is 51.0 Å². The average Bonchev–Trinajstić information content (AvgIpc) is 1.65. The molecule has 0 aliphatic carbocycles. The molecule has 20 rings (SSSR count). The van der Waals surface area contributed by atoms with E-state index in [9.17, 15) is 0 Å². The van der Waals surface area contributed by atoms with E-state index in [0.717, 1.165) is 44.8 Å². The van der Waals surface area contributed by atoms with Crippen molar-refractivity contribution >= 4 is 87.2 Å². The summed E-state index contributed by atoms with van der Waals surface area (Å²) < 4.78 is 50.2. The fourth-order valence-corrected chi connectivity index (χ4v) is 15.2. The Morgan fingerprint density at radius 2 is 0.360 bits per heavy atom. The van der Waals surface area contributed by atoms with Crippen molar-refractivity contribution in [2.24, 2.45) is 0 Å². The van der Waals surface area contributed by atoms with Crippen LogP contribution in [0.3, 0.4) is 0 Å². The van der Waals surface area contributed by atoms with Gasteiger partial charge in [0.25, 0.3) is 0 Å². The van der Waals surface area contributed by atoms with E-state index in [1.807, 2.05) is 24.3 Å². The second-order valence-corrected chi connectivity index (χ2v) is 25.6. The van der Waals surface area contributed by atoms with Gasteiger partial charge < -0.3 is 18.3 Å². The number of rotatable bonds is 10. The molecular weight excluding hydrogens is 1210 g/mol. The number of benzene rings is 16. The molecule has 0 saturated carbocycles. The normalized spacial score (nSPS) is 12.3. The van der Waals surface area contributed by atoms with Crippen molar-refractivity contribution in [1.29, 1.82) is 0 Å². The van der Waals surface area contributed by atoms with Gasteiger partial charge in [-0.05, 0) is 188 Å². The molecule has 0 aliphatic heterocycles. The molecule has 0 aliphatic rings. The zero-order valence-electron chi connectivity index (χ0n) is 59.4. The summed E-state index contributed by atoms with van der Waals surface area (Å²) in [6.45, 7) is 0. The Hall–Kier alpha value is -13.3. The third-order valence-corrected chi connectivity index (χ3v) is 20.0. The summed E-state index contributed by atoms with van der Waals surface area (Å²) in [7, 11) is 0. The molecule has 20 aromatic rings. The molecular formula is C96H64N4. The van der Waals surface area contributed by atoms with Crippen LogP contribution in [0, 0.1) is 0 Å². The van der Waals surface area contributed by atoms with Gasteiger partial charge in [-0.3, -0.25) is 0 Å². The van der Waals surface area contributed by atoms with Gasteiger partial charge in [0, 0.05) is 65.8 Å². The van der Waals surface area contributed by atoms with E-state index in [4.69, 9.17) is 6.85 Å². The van der Waals surface area contributed by atoms with Crippen molar-refractivity contribution in [1.82, 2.24) is 18.3 Å². The molecule has 4 nitrogen and oxygen atoms in total. The highest BCUT2D eigenvalue weighted by Gasteiger charge is 2.20. The lowest BCUT2D eigenvalue weighted by molar-refractivity contribution is 1.18. The monoisotopic (exact) mass is 1280 g/mol. The number of hydrogen-bond donors (Lipinski definition) is 0. The summed E-state index contributed by atoms with van der Waals surface area (Å²) in [5, 5.41) is 9.87. The van der Waals surface area contributed by atoms with Crippen LogP contribution in [0.5, 0.6) is 0 Å². The van der Waals surface area contributed by atoms with Gasteiger partial charge in [-0.2, -0.15) is 0 Å². The Morgan fingerprint density at radius 3 is 0.660 bits per heavy atom. The highest BCUT2D eigenvalue weighted by Crippen LogP contribution is 2.42. The summed E-state index contributed by atoms with van der Waals surface area (Å²) in [6.07, 6.45) is 0. The number of aromatic nitrogens is 4. The first-order valence-corrected chi connectivity index (χ1v) is 34.0. The lowest BCUT2D eigenvalue weighted by Gasteiger charge is -2.11. The third-order valence-electron chi connectivity index (χ3n) is 20.0. The number of hydrogen-bond acceptors (Lipinski definition) is 0. The quantitative estimate of drug-likeness (QED) is 0.130. The topological polar surface area (TPSA) is 19.7 Å². The minimum Gasteiger partial charge on any atom is -0.309 e. The molecule has 0 N–H and O–H groups in total. The van der Waals surface area contributed by atoms with Crippen LogP contribution in [0.15, 0.2) is 388 Å². The first kappa shape index (κ1) is 52.9. The van der Waals surface area contributed by atoms with Gasteiger partial charge in [0.15, 0.2) is 0 Å². The van der Waals surface area contributed by atoms with Gasteiger partial charge in [-0.15, -0.1) is 0 Å². The SMILES string of the molecule is [2H]c1c([2H])c([2H])c(-c2ccc(-c3ccc(-n4c5ccccc5c5cc(-c6ccc7c(c6)c6ccccc6n7-c6ccccc6)ccc54)cc3)cc2)c([2H])c1[2H].c1ccc(-c2ccc(-c3ccc(-n4c5ccccc5c5cc(-c6ccc7c(c6)c6ccccc6n7-c6ccccc6)ccc54)cc3)cc2)cc1. The van der Waals surface area contributed by atoms with E-state index in [1.165, 1.54) is 121 Å². The molecule has 0 bridgehead atoms. The van der Waals surface area contributed by atoms with E-state index < -0.39 is 0 Å². The Morgan fingerprint density at radius 1 is 0.150 bits per heavy atom. The largest absolute Gasteiger partial charge is 0.309 e. The zero-order chi connectivity index (χ0) is 70.4. The van der Waals surface area contributed by atoms with E-state index >= 15 is 0 Å². The number of nitrogens with zero attached hydrogens (tertiary/aromatic N) is 4. The Labute approximate surface area is 586 Å². The molecule has 0 unspecified atom stereocenters. The molecule has 0 fully saturated rings. The van der Waals surface area contributed by atoms with E-state index in [-0.39, 0.29) is 35.8 Å². The summed E-state index contributed by atoms with van der Waals surface area (Å²) in [4.78, 5) is 0. The summed E-state index contributed by atoms with van der Waals surface area (Å²) in [5.41, 5.74) is 26.5. The zero-order valence-corrected chi connectivity index (χ0v) is 54.4. The van der Waals surface area contributed by atoms with Crippen LogP contribution < -0.4 is 0 Å². The molecule has 4 aromatic heterocycles. The van der Waals surface area contributed by atoms with Gasteiger partial charge >= 0.3 is 0 Å². The number of fused-ring (bicyclic) bond motifs is 12. The molecule has 4 heteroatoms. The van der Waals surface area contributed by atoms with Gasteiger partial charge in [-0.1, -0.05) is 267 Å². The molecule has 4 heterocycles. The Balaban J connectivity index is 0.000000145. The van der Waals surface area contributed by atoms with Crippen molar-refractivity contribution in [2.75, 3.05) is 0 Å². The minimum atomic E-state index is -0.388. The van der Waals surface area contributed by atoms with Gasteiger partial charge in [0.1, 0.15) is 0 Å². The second kappa shape index (κ2) is 24.4. The van der Waals surface area contributed by atoms with Gasteiger partial charge in [-0.25, -0.2) is 0 Å². The van der Waals surface area contributed by atoms with Crippen molar-refractivity contribution in [3.05, 3.63) is 388 Å². The van der Waals surface area contributed by atoms with Crippen molar-refractivity contribution in [2.45, 2.75) is 0 Å². The standard InChI is InChI=1S/2C48H32N2/c2*1-3-11-33(12-4-1)34-19-21-35(22-20-34)36-23-27-40(28-24-36)50-46-18-10-8-16-42(46)44-32-38(26-30-48(44)50)37-25-29-47-43(31-37)41-15-7-9-17-45(41)49(47)39-13-5-2-6-14-39/h2*1-32H/i1D,3D,4D,11D,12D;. The molecule has 0 radical (unpaired) electrons. The third kappa shape index (κ3) is 10.1. The molecule has 0 saturated heterocycles. The minimum absolute atomic E-state index is 0.199. The summed E-state index contributed by atoms with van der Waals surface area (Å²) in [5.74, 6) is 0. The maximum Gasteiger partial charge on any atom is 0.0629 e. The molecule has 0 spiro atoms. The van der Waals surface area contributed by atoms with E-state index in [2.05, 4.69) is 352 Å². The maximum atomic E-state index is 8.36. The fraction of sp³-hybridized carbons (Fsp3) is 0.